The van der Waals surface area contributed by atoms with Gasteiger partial charge < -0.3 is 14.8 Å². The van der Waals surface area contributed by atoms with E-state index in [2.05, 4.69) is 31.7 Å². The molecule has 0 amide bonds. The molecule has 9 heteroatoms. The number of aliphatic imine (C=N–C) groups is 1. The third-order valence-electron chi connectivity index (χ3n) is 4.92. The number of hydrogen-bond acceptors (Lipinski definition) is 4. The van der Waals surface area contributed by atoms with Gasteiger partial charge in [-0.2, -0.15) is 0 Å². The molecule has 1 aromatic rings. The summed E-state index contributed by atoms with van der Waals surface area (Å²) in [7, 11) is -1.39. The van der Waals surface area contributed by atoms with E-state index in [0.29, 0.717) is 18.5 Å². The molecule has 26 heavy (non-hydrogen) atoms. The number of likely N-dealkylation sites (tertiary alicyclic amines) is 1. The predicted molar refractivity (Wildman–Crippen MR) is 117 cm³/mol. The third-order valence-corrected chi connectivity index (χ3v) is 7.53. The van der Waals surface area contributed by atoms with E-state index >= 15 is 0 Å². The van der Waals surface area contributed by atoms with E-state index in [0.717, 1.165) is 25.5 Å². The third kappa shape index (κ3) is 5.58. The molecule has 1 N–H and O–H groups in total. The summed E-state index contributed by atoms with van der Waals surface area (Å²) in [5.74, 6) is 1.43. The fourth-order valence-electron chi connectivity index (χ4n) is 3.03. The van der Waals surface area contributed by atoms with E-state index < -0.39 is 14.6 Å². The SMILES string of the molecule is CN=C(NCCS(=O)(=O)C(C)(C)C)N1CCC(C)C(n2ccnc2)C1.I. The van der Waals surface area contributed by atoms with Crippen LogP contribution in [0.2, 0.25) is 0 Å². The van der Waals surface area contributed by atoms with Crippen molar-refractivity contribution in [2.75, 3.05) is 32.4 Å². The number of hydrogen-bond donors (Lipinski definition) is 1. The zero-order valence-corrected chi connectivity index (χ0v) is 19.5. The summed E-state index contributed by atoms with van der Waals surface area (Å²) >= 11 is 0. The van der Waals surface area contributed by atoms with Crippen LogP contribution >= 0.6 is 24.0 Å². The van der Waals surface area contributed by atoms with Gasteiger partial charge in [-0.25, -0.2) is 13.4 Å². The van der Waals surface area contributed by atoms with Crippen molar-refractivity contribution < 1.29 is 8.42 Å². The molecule has 0 bridgehead atoms. The van der Waals surface area contributed by atoms with Crippen LogP contribution in [0.25, 0.3) is 0 Å². The van der Waals surface area contributed by atoms with E-state index in [-0.39, 0.29) is 29.7 Å². The van der Waals surface area contributed by atoms with Crippen LogP contribution in [0.1, 0.15) is 40.2 Å². The average Bonchev–Trinajstić information content (AvgIpc) is 3.05. The van der Waals surface area contributed by atoms with E-state index in [1.807, 2.05) is 12.5 Å². The van der Waals surface area contributed by atoms with E-state index in [4.69, 9.17) is 0 Å². The van der Waals surface area contributed by atoms with E-state index in [1.165, 1.54) is 0 Å². The smallest absolute Gasteiger partial charge is 0.193 e. The summed E-state index contributed by atoms with van der Waals surface area (Å²) in [6, 6.07) is 0.341. The van der Waals surface area contributed by atoms with Gasteiger partial charge in [0, 0.05) is 39.1 Å². The molecule has 1 fully saturated rings. The van der Waals surface area contributed by atoms with Crippen LogP contribution in [0.15, 0.2) is 23.7 Å². The Bertz CT molecular complexity index is 683. The highest BCUT2D eigenvalue weighted by Gasteiger charge is 2.30. The molecule has 0 saturated carbocycles. The summed E-state index contributed by atoms with van der Waals surface area (Å²) < 4.78 is 25.9. The Hall–Kier alpha value is -0.840. The maximum absolute atomic E-state index is 12.2. The minimum Gasteiger partial charge on any atom is -0.355 e. The Morgan fingerprint density at radius 2 is 2.08 bits per heavy atom. The van der Waals surface area contributed by atoms with Crippen LogP contribution in [0.5, 0.6) is 0 Å². The van der Waals surface area contributed by atoms with Gasteiger partial charge >= 0.3 is 0 Å². The first-order valence-corrected chi connectivity index (χ1v) is 10.5. The highest BCUT2D eigenvalue weighted by atomic mass is 127. The van der Waals surface area contributed by atoms with Crippen LogP contribution < -0.4 is 5.32 Å². The molecule has 1 aliphatic heterocycles. The van der Waals surface area contributed by atoms with Crippen LogP contribution in [0.3, 0.4) is 0 Å². The van der Waals surface area contributed by atoms with Gasteiger partial charge in [0.25, 0.3) is 0 Å². The quantitative estimate of drug-likeness (QED) is 0.392. The molecule has 2 unspecified atom stereocenters. The normalized spacial score (nSPS) is 22.0. The van der Waals surface area contributed by atoms with Crippen molar-refractivity contribution in [1.82, 2.24) is 19.8 Å². The van der Waals surface area contributed by atoms with Gasteiger partial charge in [0.05, 0.1) is 22.9 Å². The Balaban J connectivity index is 0.00000338. The van der Waals surface area contributed by atoms with Gasteiger partial charge in [-0.05, 0) is 33.1 Å². The number of imidazole rings is 1. The second-order valence-electron chi connectivity index (χ2n) is 7.69. The fourth-order valence-corrected chi connectivity index (χ4v) is 4.01. The molecule has 2 heterocycles. The number of nitrogens with zero attached hydrogens (tertiary/aromatic N) is 4. The van der Waals surface area contributed by atoms with E-state index in [9.17, 15) is 8.42 Å². The molecule has 0 spiro atoms. The maximum Gasteiger partial charge on any atom is 0.193 e. The van der Waals surface area contributed by atoms with Crippen LogP contribution in [-0.2, 0) is 9.84 Å². The zero-order valence-electron chi connectivity index (χ0n) is 16.3. The van der Waals surface area contributed by atoms with E-state index in [1.54, 1.807) is 34.0 Å². The molecule has 1 aromatic heterocycles. The first-order chi connectivity index (χ1) is 11.7. The first kappa shape index (κ1) is 23.2. The molecular formula is C17H32IN5O2S. The summed E-state index contributed by atoms with van der Waals surface area (Å²) in [5.41, 5.74) is 0. The number of rotatable bonds is 4. The van der Waals surface area contributed by atoms with Crippen LogP contribution in [0.4, 0.5) is 0 Å². The Morgan fingerprint density at radius 1 is 1.38 bits per heavy atom. The molecule has 150 valence electrons. The predicted octanol–water partition coefficient (Wildman–Crippen LogP) is 2.17. The number of piperidine rings is 1. The highest BCUT2D eigenvalue weighted by molar-refractivity contribution is 14.0. The minimum atomic E-state index is -3.14. The van der Waals surface area contributed by atoms with Crippen molar-refractivity contribution in [3.05, 3.63) is 18.7 Å². The second-order valence-corrected chi connectivity index (χ2v) is 10.6. The molecule has 2 atom stereocenters. The number of nitrogens with one attached hydrogen (secondary N) is 1. The minimum absolute atomic E-state index is 0. The lowest BCUT2D eigenvalue weighted by Crippen LogP contribution is -2.50. The fraction of sp³-hybridized carbons (Fsp3) is 0.765. The lowest BCUT2D eigenvalue weighted by molar-refractivity contribution is 0.189. The molecule has 2 rings (SSSR count). The lowest BCUT2D eigenvalue weighted by atomic mass is 9.93. The standard InChI is InChI=1S/C17H31N5O2S.HI/c1-14-6-9-21(12-15(14)22-10-7-19-13-22)16(18-5)20-8-11-25(23,24)17(2,3)4;/h7,10,13-15H,6,8-9,11-12H2,1-5H3,(H,18,20);1H. The van der Waals surface area contributed by atoms with Gasteiger partial charge in [0.1, 0.15) is 0 Å². The van der Waals surface area contributed by atoms with Crippen molar-refractivity contribution in [3.8, 4) is 0 Å². The molecule has 1 saturated heterocycles. The van der Waals surface area contributed by atoms with Gasteiger partial charge in [-0.1, -0.05) is 6.92 Å². The zero-order chi connectivity index (χ0) is 18.7. The van der Waals surface area contributed by atoms with Crippen LogP contribution in [0, 0.1) is 5.92 Å². The molecule has 0 aliphatic carbocycles. The van der Waals surface area contributed by atoms with Gasteiger partial charge in [-0.15, -0.1) is 24.0 Å². The van der Waals surface area contributed by atoms with Crippen LogP contribution in [-0.4, -0.2) is 66.0 Å². The second kappa shape index (κ2) is 9.38. The Labute approximate surface area is 174 Å². The molecule has 0 radical (unpaired) electrons. The van der Waals surface area contributed by atoms with Crippen molar-refractivity contribution in [2.24, 2.45) is 10.9 Å². The first-order valence-electron chi connectivity index (χ1n) is 8.81. The summed E-state index contributed by atoms with van der Waals surface area (Å²) in [5, 5.41) is 3.22. The highest BCUT2D eigenvalue weighted by Crippen LogP contribution is 2.27. The Morgan fingerprint density at radius 3 is 2.62 bits per heavy atom. The molecule has 1 aliphatic rings. The lowest BCUT2D eigenvalue weighted by Gasteiger charge is -2.39. The van der Waals surface area contributed by atoms with Gasteiger partial charge in [0.2, 0.25) is 0 Å². The number of halogens is 1. The topological polar surface area (TPSA) is 79.6 Å². The summed E-state index contributed by atoms with van der Waals surface area (Å²) in [6.45, 7) is 9.58. The number of aromatic nitrogens is 2. The van der Waals surface area contributed by atoms with Gasteiger partial charge in [0.15, 0.2) is 15.8 Å². The van der Waals surface area contributed by atoms with Crippen molar-refractivity contribution >= 4 is 39.8 Å². The summed E-state index contributed by atoms with van der Waals surface area (Å²) in [6.07, 6.45) is 6.72. The molecular weight excluding hydrogens is 465 g/mol. The maximum atomic E-state index is 12.2. The van der Waals surface area contributed by atoms with Crippen molar-refractivity contribution in [2.45, 2.75) is 44.9 Å². The van der Waals surface area contributed by atoms with Crippen molar-refractivity contribution in [3.63, 3.8) is 0 Å². The average molecular weight is 497 g/mol. The molecule has 7 nitrogen and oxygen atoms in total. The number of guanidine groups is 1. The largest absolute Gasteiger partial charge is 0.355 e. The Kier molecular flexibility index (Phi) is 8.37. The monoisotopic (exact) mass is 497 g/mol. The van der Waals surface area contributed by atoms with Gasteiger partial charge in [-0.3, -0.25) is 4.99 Å². The molecule has 0 aromatic carbocycles. The number of sulfone groups is 1. The van der Waals surface area contributed by atoms with Crippen molar-refractivity contribution in [1.29, 1.82) is 0 Å². The summed E-state index contributed by atoms with van der Waals surface area (Å²) in [4.78, 5) is 10.7.